The fourth-order valence-corrected chi connectivity index (χ4v) is 3.34. The predicted molar refractivity (Wildman–Crippen MR) is 94.5 cm³/mol. The normalized spacial score (nSPS) is 17.0. The van der Waals surface area contributed by atoms with Gasteiger partial charge in [-0.2, -0.15) is 0 Å². The summed E-state index contributed by atoms with van der Waals surface area (Å²) in [4.78, 5) is 17.2. The van der Waals surface area contributed by atoms with Gasteiger partial charge in [0.1, 0.15) is 0 Å². The molecule has 0 bridgehead atoms. The first-order chi connectivity index (χ1) is 11.6. The molecule has 0 aliphatic carbocycles. The summed E-state index contributed by atoms with van der Waals surface area (Å²) in [6.07, 6.45) is 3.61. The lowest BCUT2D eigenvalue weighted by molar-refractivity contribution is 0.0554. The Kier molecular flexibility index (Phi) is 5.02. The molecule has 2 aromatic rings. The van der Waals surface area contributed by atoms with Gasteiger partial charge < -0.3 is 14.6 Å². The Bertz CT molecular complexity index is 687. The van der Waals surface area contributed by atoms with Crippen LogP contribution in [0.25, 0.3) is 5.69 Å². The van der Waals surface area contributed by atoms with Gasteiger partial charge in [0.05, 0.1) is 17.4 Å². The molecular weight excluding hydrogens is 302 g/mol. The molecule has 3 rings (SSSR count). The average Bonchev–Trinajstić information content (AvgIpc) is 3.08. The fourth-order valence-electron chi connectivity index (χ4n) is 3.34. The fraction of sp³-hybridized carbons (Fsp3) is 0.421. The van der Waals surface area contributed by atoms with E-state index in [1.807, 2.05) is 59.1 Å². The number of nitrogens with zero attached hydrogens (tertiary/aromatic N) is 3. The molecule has 128 valence electrons. The third-order valence-corrected chi connectivity index (χ3v) is 4.51. The van der Waals surface area contributed by atoms with Gasteiger partial charge in [-0.3, -0.25) is 9.69 Å². The van der Waals surface area contributed by atoms with Crippen molar-refractivity contribution in [3.8, 4) is 5.69 Å². The summed E-state index contributed by atoms with van der Waals surface area (Å²) in [5, 5.41) is 9.51. The van der Waals surface area contributed by atoms with Crippen LogP contribution in [-0.2, 0) is 0 Å². The zero-order chi connectivity index (χ0) is 17.1. The Morgan fingerprint density at radius 2 is 1.79 bits per heavy atom. The number of aryl methyl sites for hydroxylation is 1. The van der Waals surface area contributed by atoms with Crippen molar-refractivity contribution >= 4 is 5.91 Å². The van der Waals surface area contributed by atoms with Gasteiger partial charge >= 0.3 is 0 Å². The molecule has 24 heavy (non-hydrogen) atoms. The number of hydrogen-bond acceptors (Lipinski definition) is 3. The molecule has 0 saturated carbocycles. The minimum absolute atomic E-state index is 0.0825. The van der Waals surface area contributed by atoms with E-state index >= 15 is 0 Å². The third-order valence-electron chi connectivity index (χ3n) is 4.51. The van der Waals surface area contributed by atoms with E-state index in [9.17, 15) is 9.90 Å². The molecule has 1 atom stereocenters. The molecule has 1 fully saturated rings. The molecule has 1 saturated heterocycles. The molecule has 1 aliphatic heterocycles. The maximum Gasteiger partial charge on any atom is 0.256 e. The Hall–Kier alpha value is -2.11. The summed E-state index contributed by atoms with van der Waals surface area (Å²) < 4.78 is 2.01. The highest BCUT2D eigenvalue weighted by Gasteiger charge is 2.25. The van der Waals surface area contributed by atoms with Crippen molar-refractivity contribution in [2.45, 2.75) is 20.0 Å². The SMILES string of the molecule is Cc1cccc(C(=O)N2CCN(C[C@@H](C)O)CC2)c1-n1cccc1. The summed E-state index contributed by atoms with van der Waals surface area (Å²) >= 11 is 0. The lowest BCUT2D eigenvalue weighted by Gasteiger charge is -2.35. The minimum Gasteiger partial charge on any atom is -0.392 e. The molecule has 5 nitrogen and oxygen atoms in total. The number of aliphatic hydroxyl groups is 1. The van der Waals surface area contributed by atoms with Gasteiger partial charge in [0, 0.05) is 45.1 Å². The molecule has 5 heteroatoms. The number of piperazine rings is 1. The Morgan fingerprint density at radius 1 is 1.12 bits per heavy atom. The van der Waals surface area contributed by atoms with Gasteiger partial charge in [-0.05, 0) is 37.6 Å². The first kappa shape index (κ1) is 16.7. The van der Waals surface area contributed by atoms with Gasteiger partial charge in [0.25, 0.3) is 5.91 Å². The van der Waals surface area contributed by atoms with Crippen LogP contribution < -0.4 is 0 Å². The Labute approximate surface area is 143 Å². The quantitative estimate of drug-likeness (QED) is 0.933. The number of para-hydroxylation sites is 1. The predicted octanol–water partition coefficient (Wildman–Crippen LogP) is 1.92. The smallest absolute Gasteiger partial charge is 0.256 e. The zero-order valence-corrected chi connectivity index (χ0v) is 14.4. The van der Waals surface area contributed by atoms with E-state index in [1.165, 1.54) is 0 Å². The monoisotopic (exact) mass is 327 g/mol. The molecular formula is C19H25N3O2. The van der Waals surface area contributed by atoms with Gasteiger partial charge in [-0.15, -0.1) is 0 Å². The summed E-state index contributed by atoms with van der Waals surface area (Å²) in [6.45, 7) is 7.51. The number of aliphatic hydroxyl groups excluding tert-OH is 1. The lowest BCUT2D eigenvalue weighted by Crippen LogP contribution is -2.50. The van der Waals surface area contributed by atoms with E-state index < -0.39 is 0 Å². The van der Waals surface area contributed by atoms with Crippen LogP contribution in [0, 0.1) is 6.92 Å². The van der Waals surface area contributed by atoms with E-state index in [4.69, 9.17) is 0 Å². The molecule has 2 heterocycles. The van der Waals surface area contributed by atoms with Crippen LogP contribution in [-0.4, -0.2) is 64.2 Å². The number of benzene rings is 1. The van der Waals surface area contributed by atoms with E-state index in [2.05, 4.69) is 4.90 Å². The molecule has 0 radical (unpaired) electrons. The molecule has 1 aliphatic rings. The van der Waals surface area contributed by atoms with Crippen molar-refractivity contribution in [1.82, 2.24) is 14.4 Å². The largest absolute Gasteiger partial charge is 0.392 e. The summed E-state index contributed by atoms with van der Waals surface area (Å²) in [5.74, 6) is 0.0825. The second-order valence-electron chi connectivity index (χ2n) is 6.50. The standard InChI is InChI=1S/C19H25N3O2/c1-15-6-5-7-17(18(15)21-8-3-4-9-21)19(24)22-12-10-20(11-13-22)14-16(2)23/h3-9,16,23H,10-14H2,1-2H3/t16-/m1/s1. The number of rotatable bonds is 4. The third kappa shape index (κ3) is 3.52. The summed E-state index contributed by atoms with van der Waals surface area (Å²) in [6, 6.07) is 9.82. The van der Waals surface area contributed by atoms with Crippen molar-refractivity contribution in [3.05, 3.63) is 53.9 Å². The van der Waals surface area contributed by atoms with Crippen molar-refractivity contribution < 1.29 is 9.90 Å². The van der Waals surface area contributed by atoms with Gasteiger partial charge in [0.2, 0.25) is 0 Å². The number of amides is 1. The molecule has 1 aromatic heterocycles. The van der Waals surface area contributed by atoms with Crippen molar-refractivity contribution in [2.24, 2.45) is 0 Å². The molecule has 1 N–H and O–H groups in total. The Balaban J connectivity index is 1.78. The van der Waals surface area contributed by atoms with Crippen molar-refractivity contribution in [1.29, 1.82) is 0 Å². The number of aromatic nitrogens is 1. The number of carbonyl (C=O) groups excluding carboxylic acids is 1. The minimum atomic E-state index is -0.329. The molecule has 1 amide bonds. The van der Waals surface area contributed by atoms with Crippen LogP contribution >= 0.6 is 0 Å². The summed E-state index contributed by atoms with van der Waals surface area (Å²) in [5.41, 5.74) is 2.79. The molecule has 1 aromatic carbocycles. The van der Waals surface area contributed by atoms with Gasteiger partial charge in [-0.25, -0.2) is 0 Å². The highest BCUT2D eigenvalue weighted by molar-refractivity contribution is 5.98. The van der Waals surface area contributed by atoms with Crippen LogP contribution in [0.2, 0.25) is 0 Å². The van der Waals surface area contributed by atoms with Crippen LogP contribution in [0.15, 0.2) is 42.7 Å². The van der Waals surface area contributed by atoms with E-state index in [1.54, 1.807) is 6.92 Å². The van der Waals surface area contributed by atoms with Crippen molar-refractivity contribution in [3.63, 3.8) is 0 Å². The van der Waals surface area contributed by atoms with E-state index in [0.717, 1.165) is 29.9 Å². The van der Waals surface area contributed by atoms with Crippen LogP contribution in [0.3, 0.4) is 0 Å². The average molecular weight is 327 g/mol. The first-order valence-corrected chi connectivity index (χ1v) is 8.49. The zero-order valence-electron chi connectivity index (χ0n) is 14.4. The van der Waals surface area contributed by atoms with Crippen molar-refractivity contribution in [2.75, 3.05) is 32.7 Å². The van der Waals surface area contributed by atoms with E-state index in [-0.39, 0.29) is 12.0 Å². The number of carbonyl (C=O) groups is 1. The first-order valence-electron chi connectivity index (χ1n) is 8.49. The molecule has 0 unspecified atom stereocenters. The highest BCUT2D eigenvalue weighted by atomic mass is 16.3. The van der Waals surface area contributed by atoms with Crippen LogP contribution in [0.1, 0.15) is 22.8 Å². The number of β-amino-alcohol motifs (C(OH)–C–C–N with tert-alkyl or cyclic N) is 1. The van der Waals surface area contributed by atoms with Gasteiger partial charge in [-0.1, -0.05) is 12.1 Å². The second kappa shape index (κ2) is 7.20. The lowest BCUT2D eigenvalue weighted by atomic mass is 10.1. The maximum absolute atomic E-state index is 13.0. The van der Waals surface area contributed by atoms with E-state index in [0.29, 0.717) is 19.6 Å². The highest BCUT2D eigenvalue weighted by Crippen LogP contribution is 2.22. The second-order valence-corrected chi connectivity index (χ2v) is 6.50. The Morgan fingerprint density at radius 3 is 2.42 bits per heavy atom. The maximum atomic E-state index is 13.0. The summed E-state index contributed by atoms with van der Waals surface area (Å²) in [7, 11) is 0. The van der Waals surface area contributed by atoms with Crippen LogP contribution in [0.4, 0.5) is 0 Å². The van der Waals surface area contributed by atoms with Gasteiger partial charge in [0.15, 0.2) is 0 Å². The molecule has 0 spiro atoms. The van der Waals surface area contributed by atoms with Crippen LogP contribution in [0.5, 0.6) is 0 Å². The topological polar surface area (TPSA) is 48.7 Å². The number of hydrogen-bond donors (Lipinski definition) is 1.